The molecule has 1 fully saturated rings. The average Bonchev–Trinajstić information content (AvgIpc) is 3.31. The van der Waals surface area contributed by atoms with E-state index in [9.17, 15) is 4.79 Å². The van der Waals surface area contributed by atoms with E-state index in [-0.39, 0.29) is 11.9 Å². The number of fused-ring (bicyclic) bond motifs is 1. The van der Waals surface area contributed by atoms with Crippen molar-refractivity contribution in [3.8, 4) is 0 Å². The first-order chi connectivity index (χ1) is 9.81. The first-order valence-electron chi connectivity index (χ1n) is 7.93. The van der Waals surface area contributed by atoms with Crippen molar-refractivity contribution in [3.63, 3.8) is 0 Å². The summed E-state index contributed by atoms with van der Waals surface area (Å²) in [5.74, 6) is 0.285. The van der Waals surface area contributed by atoms with Gasteiger partial charge in [-0.25, -0.2) is 0 Å². The van der Waals surface area contributed by atoms with Crippen LogP contribution in [0, 0.1) is 0 Å². The molecule has 1 saturated carbocycles. The predicted molar refractivity (Wildman–Crippen MR) is 80.5 cm³/mol. The minimum Gasteiger partial charge on any atom is -0.338 e. The number of carbonyl (C=O) groups excluding carboxylic acids is 1. The Labute approximate surface area is 121 Å². The van der Waals surface area contributed by atoms with E-state index in [1.807, 2.05) is 6.07 Å². The highest BCUT2D eigenvalue weighted by Crippen LogP contribution is 2.31. The van der Waals surface area contributed by atoms with Crippen molar-refractivity contribution < 1.29 is 4.79 Å². The molecular formula is C17H24N2O. The highest BCUT2D eigenvalue weighted by Gasteiger charge is 2.37. The molecule has 1 aromatic carbocycles. The molecule has 1 unspecified atom stereocenters. The summed E-state index contributed by atoms with van der Waals surface area (Å²) in [6.07, 6.45) is 5.65. The lowest BCUT2D eigenvalue weighted by Crippen LogP contribution is -2.45. The maximum atomic E-state index is 12.9. The molecule has 1 aliphatic heterocycles. The standard InChI is InChI=1S/C17H24N2O/c1-2-3-12-19(14-8-9-14)17(20)16-15-7-5-4-6-13(15)10-11-18-16/h4-7,14,16,18H,2-3,8-12H2,1H3. The number of hydrogen-bond donors (Lipinski definition) is 1. The number of carbonyl (C=O) groups is 1. The van der Waals surface area contributed by atoms with Gasteiger partial charge in [-0.3, -0.25) is 4.79 Å². The average molecular weight is 272 g/mol. The molecule has 20 heavy (non-hydrogen) atoms. The lowest BCUT2D eigenvalue weighted by Gasteiger charge is -2.31. The third-order valence-corrected chi connectivity index (χ3v) is 4.38. The molecule has 0 aromatic heterocycles. The molecule has 1 amide bonds. The second kappa shape index (κ2) is 5.96. The second-order valence-corrected chi connectivity index (χ2v) is 5.95. The van der Waals surface area contributed by atoms with Crippen LogP contribution in [0.1, 0.15) is 49.8 Å². The zero-order valence-corrected chi connectivity index (χ0v) is 12.3. The highest BCUT2D eigenvalue weighted by atomic mass is 16.2. The molecular weight excluding hydrogens is 248 g/mol. The fourth-order valence-electron chi connectivity index (χ4n) is 3.08. The fraction of sp³-hybridized carbons (Fsp3) is 0.588. The van der Waals surface area contributed by atoms with Gasteiger partial charge in [0.25, 0.3) is 0 Å². The van der Waals surface area contributed by atoms with Crippen molar-refractivity contribution in [2.24, 2.45) is 0 Å². The topological polar surface area (TPSA) is 32.3 Å². The van der Waals surface area contributed by atoms with Gasteiger partial charge in [0.1, 0.15) is 6.04 Å². The molecule has 2 aliphatic rings. The summed E-state index contributed by atoms with van der Waals surface area (Å²) in [6.45, 7) is 4.00. The molecule has 0 spiro atoms. The van der Waals surface area contributed by atoms with Gasteiger partial charge in [-0.15, -0.1) is 0 Å². The zero-order valence-electron chi connectivity index (χ0n) is 12.3. The summed E-state index contributed by atoms with van der Waals surface area (Å²) in [4.78, 5) is 15.0. The second-order valence-electron chi connectivity index (χ2n) is 5.95. The summed E-state index contributed by atoms with van der Waals surface area (Å²) in [6, 6.07) is 8.75. The van der Waals surface area contributed by atoms with Crippen LogP contribution in [0.25, 0.3) is 0 Å². The molecule has 1 N–H and O–H groups in total. The molecule has 0 bridgehead atoms. The van der Waals surface area contributed by atoms with E-state index >= 15 is 0 Å². The lowest BCUT2D eigenvalue weighted by atomic mass is 9.93. The van der Waals surface area contributed by atoms with Crippen molar-refractivity contribution in [3.05, 3.63) is 35.4 Å². The molecule has 1 atom stereocenters. The van der Waals surface area contributed by atoms with Crippen LogP contribution in [0.15, 0.2) is 24.3 Å². The smallest absolute Gasteiger partial charge is 0.244 e. The quantitative estimate of drug-likeness (QED) is 0.893. The SMILES string of the molecule is CCCCN(C(=O)C1NCCc2ccccc21)C1CC1. The van der Waals surface area contributed by atoms with Gasteiger partial charge in [0.15, 0.2) is 0 Å². The monoisotopic (exact) mass is 272 g/mol. The number of benzene rings is 1. The van der Waals surface area contributed by atoms with Crippen LogP contribution >= 0.6 is 0 Å². The maximum absolute atomic E-state index is 12.9. The number of amides is 1. The minimum atomic E-state index is -0.127. The van der Waals surface area contributed by atoms with Crippen LogP contribution in [0.2, 0.25) is 0 Å². The Hall–Kier alpha value is -1.35. The van der Waals surface area contributed by atoms with Crippen LogP contribution in [-0.4, -0.2) is 29.9 Å². The van der Waals surface area contributed by atoms with Crippen LogP contribution < -0.4 is 5.32 Å². The van der Waals surface area contributed by atoms with Crippen molar-refractivity contribution in [1.82, 2.24) is 10.2 Å². The van der Waals surface area contributed by atoms with Crippen LogP contribution in [-0.2, 0) is 11.2 Å². The van der Waals surface area contributed by atoms with Gasteiger partial charge in [0.2, 0.25) is 5.91 Å². The Bertz CT molecular complexity index is 482. The summed E-state index contributed by atoms with van der Waals surface area (Å²) < 4.78 is 0. The minimum absolute atomic E-state index is 0.127. The van der Waals surface area contributed by atoms with Crippen LogP contribution in [0.5, 0.6) is 0 Å². The normalized spacial score (nSPS) is 21.4. The molecule has 0 radical (unpaired) electrons. The van der Waals surface area contributed by atoms with Crippen molar-refractivity contribution >= 4 is 5.91 Å². The first kappa shape index (κ1) is 13.6. The molecule has 3 rings (SSSR count). The molecule has 1 aliphatic carbocycles. The molecule has 1 heterocycles. The third kappa shape index (κ3) is 2.73. The van der Waals surface area contributed by atoms with Gasteiger partial charge >= 0.3 is 0 Å². The molecule has 1 aromatic rings. The van der Waals surface area contributed by atoms with Crippen LogP contribution in [0.4, 0.5) is 0 Å². The summed E-state index contributed by atoms with van der Waals surface area (Å²) in [7, 11) is 0. The Morgan fingerprint density at radius 1 is 1.35 bits per heavy atom. The van der Waals surface area contributed by atoms with E-state index in [0.717, 1.165) is 32.4 Å². The van der Waals surface area contributed by atoms with Gasteiger partial charge in [0, 0.05) is 19.1 Å². The number of rotatable bonds is 5. The largest absolute Gasteiger partial charge is 0.338 e. The van der Waals surface area contributed by atoms with E-state index < -0.39 is 0 Å². The molecule has 108 valence electrons. The van der Waals surface area contributed by atoms with Crippen molar-refractivity contribution in [2.75, 3.05) is 13.1 Å². The van der Waals surface area contributed by atoms with E-state index in [4.69, 9.17) is 0 Å². The van der Waals surface area contributed by atoms with E-state index in [2.05, 4.69) is 35.3 Å². The number of unbranched alkanes of at least 4 members (excludes halogenated alkanes) is 1. The number of nitrogens with one attached hydrogen (secondary N) is 1. The summed E-state index contributed by atoms with van der Waals surface area (Å²) in [5.41, 5.74) is 2.52. The maximum Gasteiger partial charge on any atom is 0.244 e. The third-order valence-electron chi connectivity index (χ3n) is 4.38. The summed E-state index contributed by atoms with van der Waals surface area (Å²) in [5, 5.41) is 3.42. The molecule has 0 saturated heterocycles. The van der Waals surface area contributed by atoms with Gasteiger partial charge in [-0.05, 0) is 36.8 Å². The lowest BCUT2D eigenvalue weighted by molar-refractivity contribution is -0.134. The highest BCUT2D eigenvalue weighted by molar-refractivity contribution is 5.84. The Balaban J connectivity index is 1.79. The Morgan fingerprint density at radius 3 is 2.90 bits per heavy atom. The fourth-order valence-corrected chi connectivity index (χ4v) is 3.08. The van der Waals surface area contributed by atoms with E-state index in [1.54, 1.807) is 0 Å². The van der Waals surface area contributed by atoms with Gasteiger partial charge in [-0.2, -0.15) is 0 Å². The molecule has 3 heteroatoms. The van der Waals surface area contributed by atoms with Gasteiger partial charge < -0.3 is 10.2 Å². The van der Waals surface area contributed by atoms with Gasteiger partial charge in [-0.1, -0.05) is 37.6 Å². The number of hydrogen-bond acceptors (Lipinski definition) is 2. The van der Waals surface area contributed by atoms with Gasteiger partial charge in [0.05, 0.1) is 0 Å². The van der Waals surface area contributed by atoms with E-state index in [1.165, 1.54) is 24.0 Å². The predicted octanol–water partition coefficient (Wildman–Crippen LogP) is 2.66. The van der Waals surface area contributed by atoms with Crippen molar-refractivity contribution in [2.45, 2.75) is 51.1 Å². The molecule has 3 nitrogen and oxygen atoms in total. The van der Waals surface area contributed by atoms with E-state index in [0.29, 0.717) is 6.04 Å². The Kier molecular flexibility index (Phi) is 4.06. The van der Waals surface area contributed by atoms with Crippen LogP contribution in [0.3, 0.4) is 0 Å². The number of nitrogens with zero attached hydrogens (tertiary/aromatic N) is 1. The Morgan fingerprint density at radius 2 is 2.15 bits per heavy atom. The van der Waals surface area contributed by atoms with Crippen molar-refractivity contribution in [1.29, 1.82) is 0 Å². The zero-order chi connectivity index (χ0) is 13.9. The summed E-state index contributed by atoms with van der Waals surface area (Å²) >= 11 is 0. The first-order valence-corrected chi connectivity index (χ1v) is 7.93.